The number of piperazine rings is 1. The van der Waals surface area contributed by atoms with E-state index in [9.17, 15) is 14.0 Å². The van der Waals surface area contributed by atoms with E-state index in [1.165, 1.54) is 17.1 Å². The fraction of sp³-hybridized carbons (Fsp3) is 0.375. The molecule has 2 aromatic rings. The molecule has 0 spiro atoms. The standard InChI is InChI=1S/C24H27FN4O2/c1-17-6-8-19(9-7-17)22-15-23(20-4-3-5-21(25)14-20)29(26-22)24(31)16-27-10-12-28(13-11-27)18(2)30/h3-9,14,23H,10-13,15-16H2,1-2H3. The Bertz CT molecular complexity index is 997. The second-order valence-corrected chi connectivity index (χ2v) is 8.21. The summed E-state index contributed by atoms with van der Waals surface area (Å²) >= 11 is 0. The van der Waals surface area contributed by atoms with Crippen LogP contribution in [-0.2, 0) is 9.59 Å². The highest BCUT2D eigenvalue weighted by Crippen LogP contribution is 2.33. The summed E-state index contributed by atoms with van der Waals surface area (Å²) < 4.78 is 13.9. The van der Waals surface area contributed by atoms with Gasteiger partial charge in [-0.1, -0.05) is 42.0 Å². The average molecular weight is 423 g/mol. The first-order chi connectivity index (χ1) is 14.9. The molecule has 0 radical (unpaired) electrons. The Morgan fingerprint density at radius 2 is 1.77 bits per heavy atom. The number of carbonyl (C=O) groups excluding carboxylic acids is 2. The molecule has 6 nitrogen and oxygen atoms in total. The van der Waals surface area contributed by atoms with E-state index in [1.54, 1.807) is 17.9 Å². The Kier molecular flexibility index (Phi) is 6.13. The number of rotatable bonds is 4. The topological polar surface area (TPSA) is 56.2 Å². The molecule has 1 unspecified atom stereocenters. The van der Waals surface area contributed by atoms with E-state index >= 15 is 0 Å². The molecule has 1 saturated heterocycles. The number of amides is 2. The maximum absolute atomic E-state index is 13.9. The maximum atomic E-state index is 13.9. The van der Waals surface area contributed by atoms with Crippen molar-refractivity contribution in [3.8, 4) is 0 Å². The van der Waals surface area contributed by atoms with E-state index < -0.39 is 0 Å². The van der Waals surface area contributed by atoms with E-state index in [2.05, 4.69) is 5.10 Å². The van der Waals surface area contributed by atoms with Gasteiger partial charge in [-0.2, -0.15) is 5.10 Å². The number of halogens is 1. The molecule has 7 heteroatoms. The van der Waals surface area contributed by atoms with Gasteiger partial charge < -0.3 is 4.90 Å². The van der Waals surface area contributed by atoms with Crippen molar-refractivity contribution in [2.45, 2.75) is 26.3 Å². The molecule has 162 valence electrons. The minimum atomic E-state index is -0.335. The SMILES string of the molecule is CC(=O)N1CCN(CC(=O)N2N=C(c3ccc(C)cc3)CC2c2cccc(F)c2)CC1. The van der Waals surface area contributed by atoms with Crippen LogP contribution in [-0.4, -0.2) is 65.1 Å². The van der Waals surface area contributed by atoms with Crippen molar-refractivity contribution in [2.75, 3.05) is 32.7 Å². The number of hydrogen-bond donors (Lipinski definition) is 0. The largest absolute Gasteiger partial charge is 0.340 e. The lowest BCUT2D eigenvalue weighted by atomic mass is 9.98. The van der Waals surface area contributed by atoms with Crippen LogP contribution in [0, 0.1) is 12.7 Å². The van der Waals surface area contributed by atoms with Crippen molar-refractivity contribution >= 4 is 17.5 Å². The fourth-order valence-corrected chi connectivity index (χ4v) is 4.12. The lowest BCUT2D eigenvalue weighted by Gasteiger charge is -2.34. The van der Waals surface area contributed by atoms with Gasteiger partial charge >= 0.3 is 0 Å². The van der Waals surface area contributed by atoms with E-state index in [0.717, 1.165) is 22.4 Å². The summed E-state index contributed by atoms with van der Waals surface area (Å²) in [7, 11) is 0. The van der Waals surface area contributed by atoms with Crippen LogP contribution in [0.15, 0.2) is 53.6 Å². The van der Waals surface area contributed by atoms with Crippen LogP contribution in [0.25, 0.3) is 0 Å². The predicted molar refractivity (Wildman–Crippen MR) is 117 cm³/mol. The van der Waals surface area contributed by atoms with E-state index in [0.29, 0.717) is 32.6 Å². The lowest BCUT2D eigenvalue weighted by molar-refractivity contribution is -0.135. The Balaban J connectivity index is 1.54. The highest BCUT2D eigenvalue weighted by Gasteiger charge is 2.34. The summed E-state index contributed by atoms with van der Waals surface area (Å²) in [5.41, 5.74) is 3.68. The molecule has 2 aromatic carbocycles. The van der Waals surface area contributed by atoms with Gasteiger partial charge in [-0.05, 0) is 30.2 Å². The van der Waals surface area contributed by atoms with Gasteiger partial charge in [-0.3, -0.25) is 14.5 Å². The molecule has 0 bridgehead atoms. The van der Waals surface area contributed by atoms with Gasteiger partial charge in [0.05, 0.1) is 18.3 Å². The smallest absolute Gasteiger partial charge is 0.257 e. The molecule has 0 saturated carbocycles. The molecular formula is C24H27FN4O2. The minimum absolute atomic E-state index is 0.0593. The third-order valence-corrected chi connectivity index (χ3v) is 5.96. The van der Waals surface area contributed by atoms with Crippen LogP contribution in [0.1, 0.15) is 36.1 Å². The summed E-state index contributed by atoms with van der Waals surface area (Å²) in [5, 5.41) is 6.19. The van der Waals surface area contributed by atoms with Gasteiger partial charge in [0.1, 0.15) is 5.82 Å². The lowest BCUT2D eigenvalue weighted by Crippen LogP contribution is -2.50. The van der Waals surface area contributed by atoms with E-state index in [4.69, 9.17) is 0 Å². The van der Waals surface area contributed by atoms with Crippen molar-refractivity contribution < 1.29 is 14.0 Å². The number of aryl methyl sites for hydroxylation is 1. The number of benzene rings is 2. The van der Waals surface area contributed by atoms with Crippen molar-refractivity contribution in [1.29, 1.82) is 0 Å². The molecule has 1 atom stereocenters. The molecule has 0 aromatic heterocycles. The zero-order valence-corrected chi connectivity index (χ0v) is 17.9. The minimum Gasteiger partial charge on any atom is -0.340 e. The quantitative estimate of drug-likeness (QED) is 0.761. The third kappa shape index (κ3) is 4.82. The van der Waals surface area contributed by atoms with Crippen molar-refractivity contribution in [1.82, 2.24) is 14.8 Å². The highest BCUT2D eigenvalue weighted by atomic mass is 19.1. The van der Waals surface area contributed by atoms with Gasteiger partial charge in [0.15, 0.2) is 0 Å². The van der Waals surface area contributed by atoms with E-state index in [-0.39, 0.29) is 30.2 Å². The summed E-state index contributed by atoms with van der Waals surface area (Å²) in [6.45, 7) is 6.36. The maximum Gasteiger partial charge on any atom is 0.257 e. The Morgan fingerprint density at radius 3 is 2.42 bits per heavy atom. The first-order valence-corrected chi connectivity index (χ1v) is 10.6. The number of hydrazone groups is 1. The van der Waals surface area contributed by atoms with Gasteiger partial charge in [-0.15, -0.1) is 0 Å². The fourth-order valence-electron chi connectivity index (χ4n) is 4.12. The Hall–Kier alpha value is -3.06. The monoisotopic (exact) mass is 422 g/mol. The van der Waals surface area contributed by atoms with Crippen LogP contribution in [0.5, 0.6) is 0 Å². The summed E-state index contributed by atoms with van der Waals surface area (Å²) in [5.74, 6) is -0.384. The van der Waals surface area contributed by atoms with Gasteiger partial charge in [0.2, 0.25) is 5.91 Å². The van der Waals surface area contributed by atoms with Gasteiger partial charge in [0.25, 0.3) is 5.91 Å². The summed E-state index contributed by atoms with van der Waals surface area (Å²) in [4.78, 5) is 28.6. The number of carbonyl (C=O) groups is 2. The average Bonchev–Trinajstić information content (AvgIpc) is 3.20. The van der Waals surface area contributed by atoms with Gasteiger partial charge in [0, 0.05) is 39.5 Å². The Labute approximate surface area is 181 Å². The molecule has 0 aliphatic carbocycles. The zero-order chi connectivity index (χ0) is 22.0. The summed E-state index contributed by atoms with van der Waals surface area (Å²) in [6, 6.07) is 14.1. The number of hydrogen-bond acceptors (Lipinski definition) is 4. The molecule has 0 N–H and O–H groups in total. The van der Waals surface area contributed by atoms with Crippen molar-refractivity contribution in [2.24, 2.45) is 5.10 Å². The molecule has 1 fully saturated rings. The first kappa shape index (κ1) is 21.2. The van der Waals surface area contributed by atoms with Crippen LogP contribution in [0.2, 0.25) is 0 Å². The van der Waals surface area contributed by atoms with Crippen LogP contribution < -0.4 is 0 Å². The van der Waals surface area contributed by atoms with Crippen molar-refractivity contribution in [3.05, 3.63) is 71.0 Å². The molecular weight excluding hydrogens is 395 g/mol. The Morgan fingerprint density at radius 1 is 1.06 bits per heavy atom. The van der Waals surface area contributed by atoms with Gasteiger partial charge in [-0.25, -0.2) is 9.40 Å². The van der Waals surface area contributed by atoms with Crippen LogP contribution in [0.4, 0.5) is 4.39 Å². The van der Waals surface area contributed by atoms with Crippen LogP contribution >= 0.6 is 0 Å². The van der Waals surface area contributed by atoms with Crippen molar-refractivity contribution in [3.63, 3.8) is 0 Å². The predicted octanol–water partition coefficient (Wildman–Crippen LogP) is 2.98. The third-order valence-electron chi connectivity index (χ3n) is 5.96. The molecule has 2 amide bonds. The molecule has 2 aliphatic rings. The zero-order valence-electron chi connectivity index (χ0n) is 17.9. The second-order valence-electron chi connectivity index (χ2n) is 8.21. The highest BCUT2D eigenvalue weighted by molar-refractivity contribution is 6.03. The molecule has 31 heavy (non-hydrogen) atoms. The second kappa shape index (κ2) is 8.98. The van der Waals surface area contributed by atoms with E-state index in [1.807, 2.05) is 42.2 Å². The van der Waals surface area contributed by atoms with Crippen LogP contribution in [0.3, 0.4) is 0 Å². The first-order valence-electron chi connectivity index (χ1n) is 10.6. The molecule has 2 heterocycles. The molecule has 4 rings (SSSR count). The molecule has 2 aliphatic heterocycles. The number of nitrogens with zero attached hydrogens (tertiary/aromatic N) is 4. The normalized spacial score (nSPS) is 19.5. The summed E-state index contributed by atoms with van der Waals surface area (Å²) in [6.07, 6.45) is 0.538.